The number of esters is 1. The summed E-state index contributed by atoms with van der Waals surface area (Å²) < 4.78 is 5.12. The Morgan fingerprint density at radius 3 is 2.54 bits per heavy atom. The summed E-state index contributed by atoms with van der Waals surface area (Å²) >= 11 is 0. The maximum Gasteiger partial charge on any atom is 0.355 e. The molecule has 2 rings (SSSR count). The van der Waals surface area contributed by atoms with Crippen molar-refractivity contribution in [3.8, 4) is 0 Å². The topological polar surface area (TPSA) is 63.6 Å². The number of ether oxygens (including phenoxy) is 1. The van der Waals surface area contributed by atoms with Crippen LogP contribution >= 0.6 is 0 Å². The molecule has 0 saturated carbocycles. The Bertz CT molecular complexity index is 798. The Labute approximate surface area is 141 Å². The minimum atomic E-state index is -0.507. The van der Waals surface area contributed by atoms with E-state index >= 15 is 0 Å². The second-order valence-electron chi connectivity index (χ2n) is 5.49. The van der Waals surface area contributed by atoms with Gasteiger partial charge in [0.1, 0.15) is 12.2 Å². The molecule has 2 aromatic rings. The first kappa shape index (κ1) is 17.7. The molecule has 0 aliphatic rings. The number of pyridine rings is 1. The van der Waals surface area contributed by atoms with Crippen LogP contribution in [0.1, 0.15) is 23.0 Å². The van der Waals surface area contributed by atoms with Gasteiger partial charge in [0.15, 0.2) is 5.43 Å². The summed E-state index contributed by atoms with van der Waals surface area (Å²) in [6.45, 7) is 11.2. The first-order chi connectivity index (χ1) is 11.6. The van der Waals surface area contributed by atoms with Gasteiger partial charge in [-0.3, -0.25) is 4.79 Å². The van der Waals surface area contributed by atoms with Gasteiger partial charge >= 0.3 is 5.97 Å². The van der Waals surface area contributed by atoms with Gasteiger partial charge in [0.05, 0.1) is 25.3 Å². The molecule has 2 N–H and O–H groups in total. The minimum Gasteiger partial charge on any atom is -0.461 e. The number of aromatic nitrogens is 1. The Morgan fingerprint density at radius 2 is 1.92 bits per heavy atom. The van der Waals surface area contributed by atoms with Gasteiger partial charge in [0, 0.05) is 10.9 Å². The van der Waals surface area contributed by atoms with Crippen LogP contribution in [-0.4, -0.2) is 30.6 Å². The van der Waals surface area contributed by atoms with E-state index in [1.165, 1.54) is 0 Å². The zero-order valence-electron chi connectivity index (χ0n) is 13.9. The molecular weight excluding hydrogens is 304 g/mol. The lowest BCUT2D eigenvalue weighted by molar-refractivity contribution is -0.902. The standard InChI is InChI=1S/C19H22N2O3/c1-4-11-21(12-5-2)13-15-17(19(23)24-6-3)20-16-10-8-7-9-14(16)18(15)22/h4-5,7-10H,1-2,6,11-13H2,3H3,(H,20,22)/p+1. The van der Waals surface area contributed by atoms with E-state index in [-0.39, 0.29) is 17.7 Å². The van der Waals surface area contributed by atoms with Gasteiger partial charge in [-0.15, -0.1) is 0 Å². The maximum absolute atomic E-state index is 12.9. The largest absolute Gasteiger partial charge is 0.461 e. The van der Waals surface area contributed by atoms with Crippen LogP contribution in [0.25, 0.3) is 10.9 Å². The van der Waals surface area contributed by atoms with Crippen LogP contribution in [0.5, 0.6) is 0 Å². The predicted octanol–water partition coefficient (Wildman–Crippen LogP) is 1.46. The summed E-state index contributed by atoms with van der Waals surface area (Å²) in [5, 5.41) is 0.567. The van der Waals surface area contributed by atoms with Crippen molar-refractivity contribution in [1.29, 1.82) is 0 Å². The quantitative estimate of drug-likeness (QED) is 0.570. The molecule has 0 spiro atoms. The third-order valence-corrected chi connectivity index (χ3v) is 3.78. The van der Waals surface area contributed by atoms with Crippen molar-refractivity contribution >= 4 is 16.9 Å². The van der Waals surface area contributed by atoms with Crippen molar-refractivity contribution in [3.63, 3.8) is 0 Å². The number of hydrogen-bond donors (Lipinski definition) is 2. The van der Waals surface area contributed by atoms with Crippen molar-refractivity contribution in [2.75, 3.05) is 19.7 Å². The predicted molar refractivity (Wildman–Crippen MR) is 95.3 cm³/mol. The number of aromatic amines is 1. The first-order valence-corrected chi connectivity index (χ1v) is 7.98. The summed E-state index contributed by atoms with van der Waals surface area (Å²) in [6, 6.07) is 7.16. The number of nitrogens with one attached hydrogen (secondary N) is 2. The maximum atomic E-state index is 12.9. The van der Waals surface area contributed by atoms with E-state index in [9.17, 15) is 9.59 Å². The number of carbonyl (C=O) groups excluding carboxylic acids is 1. The van der Waals surface area contributed by atoms with Crippen LogP contribution in [0.3, 0.4) is 0 Å². The Hall–Kier alpha value is -2.66. The van der Waals surface area contributed by atoms with Crippen LogP contribution in [-0.2, 0) is 11.3 Å². The van der Waals surface area contributed by atoms with E-state index in [0.717, 1.165) is 4.90 Å². The summed E-state index contributed by atoms with van der Waals surface area (Å²) in [6.07, 6.45) is 3.58. The smallest absolute Gasteiger partial charge is 0.355 e. The molecule has 1 aromatic heterocycles. The molecule has 0 unspecified atom stereocenters. The number of para-hydroxylation sites is 1. The molecule has 5 heteroatoms. The van der Waals surface area contributed by atoms with Gasteiger partial charge in [-0.2, -0.15) is 0 Å². The molecule has 0 saturated heterocycles. The molecule has 0 fully saturated rings. The molecule has 0 amide bonds. The molecule has 126 valence electrons. The highest BCUT2D eigenvalue weighted by atomic mass is 16.5. The number of rotatable bonds is 8. The number of H-pyrrole nitrogens is 1. The second-order valence-corrected chi connectivity index (χ2v) is 5.49. The molecule has 0 radical (unpaired) electrons. The summed E-state index contributed by atoms with van der Waals surface area (Å²) in [5.74, 6) is -0.507. The van der Waals surface area contributed by atoms with Crippen molar-refractivity contribution in [3.05, 3.63) is 71.1 Å². The molecular formula is C19H23N2O3+. The molecule has 0 aliphatic carbocycles. The van der Waals surface area contributed by atoms with Crippen LogP contribution in [0.15, 0.2) is 54.4 Å². The lowest BCUT2D eigenvalue weighted by Gasteiger charge is -2.17. The Morgan fingerprint density at radius 1 is 1.25 bits per heavy atom. The normalized spacial score (nSPS) is 10.8. The SMILES string of the molecule is C=CC[NH+](CC=C)Cc1c(C(=O)OCC)[nH]c2ccccc2c1=O. The lowest BCUT2D eigenvalue weighted by Crippen LogP contribution is -3.10. The average Bonchev–Trinajstić information content (AvgIpc) is 2.58. The molecule has 0 atom stereocenters. The van der Waals surface area contributed by atoms with Gasteiger partial charge in [-0.25, -0.2) is 4.79 Å². The minimum absolute atomic E-state index is 0.141. The number of quaternary nitrogens is 1. The van der Waals surface area contributed by atoms with E-state index in [1.54, 1.807) is 31.2 Å². The Kier molecular flexibility index (Phi) is 6.09. The molecule has 1 heterocycles. The van der Waals surface area contributed by atoms with Crippen molar-refractivity contribution in [2.45, 2.75) is 13.5 Å². The fourth-order valence-electron chi connectivity index (χ4n) is 2.71. The monoisotopic (exact) mass is 327 g/mol. The Balaban J connectivity index is 2.59. The number of hydrogen-bond acceptors (Lipinski definition) is 3. The van der Waals surface area contributed by atoms with E-state index in [1.807, 2.05) is 12.1 Å². The second kappa shape index (κ2) is 8.26. The lowest BCUT2D eigenvalue weighted by atomic mass is 10.1. The van der Waals surface area contributed by atoms with Crippen molar-refractivity contribution in [2.24, 2.45) is 0 Å². The fourth-order valence-corrected chi connectivity index (χ4v) is 2.71. The van der Waals surface area contributed by atoms with Crippen molar-refractivity contribution < 1.29 is 14.4 Å². The molecule has 24 heavy (non-hydrogen) atoms. The summed E-state index contributed by atoms with van der Waals surface area (Å²) in [4.78, 5) is 29.4. The number of carbonyl (C=O) groups is 1. The highest BCUT2D eigenvalue weighted by molar-refractivity contribution is 5.92. The third-order valence-electron chi connectivity index (χ3n) is 3.78. The number of benzene rings is 1. The van der Waals surface area contributed by atoms with Crippen LogP contribution < -0.4 is 10.3 Å². The zero-order valence-corrected chi connectivity index (χ0v) is 13.9. The van der Waals surface area contributed by atoms with E-state index in [4.69, 9.17) is 4.74 Å². The van der Waals surface area contributed by atoms with Gasteiger partial charge in [-0.1, -0.05) is 25.3 Å². The van der Waals surface area contributed by atoms with Gasteiger partial charge < -0.3 is 14.6 Å². The highest BCUT2D eigenvalue weighted by Crippen LogP contribution is 2.12. The van der Waals surface area contributed by atoms with E-state index < -0.39 is 5.97 Å². The van der Waals surface area contributed by atoms with Crippen LogP contribution in [0, 0.1) is 0 Å². The van der Waals surface area contributed by atoms with Crippen LogP contribution in [0.2, 0.25) is 0 Å². The van der Waals surface area contributed by atoms with E-state index in [2.05, 4.69) is 18.1 Å². The highest BCUT2D eigenvalue weighted by Gasteiger charge is 2.22. The van der Waals surface area contributed by atoms with Crippen molar-refractivity contribution in [1.82, 2.24) is 4.98 Å². The zero-order chi connectivity index (χ0) is 17.5. The third kappa shape index (κ3) is 3.81. The summed E-state index contributed by atoms with van der Waals surface area (Å²) in [7, 11) is 0. The molecule has 0 bridgehead atoms. The fraction of sp³-hybridized carbons (Fsp3) is 0.263. The molecule has 5 nitrogen and oxygen atoms in total. The van der Waals surface area contributed by atoms with Gasteiger partial charge in [-0.05, 0) is 31.2 Å². The van der Waals surface area contributed by atoms with Gasteiger partial charge in [0.25, 0.3) is 0 Å². The molecule has 0 aliphatic heterocycles. The van der Waals surface area contributed by atoms with E-state index in [0.29, 0.717) is 36.1 Å². The molecule has 1 aromatic carbocycles. The summed E-state index contributed by atoms with van der Waals surface area (Å²) in [5.41, 5.74) is 1.15. The van der Waals surface area contributed by atoms with Gasteiger partial charge in [0.2, 0.25) is 0 Å². The van der Waals surface area contributed by atoms with Crippen LogP contribution in [0.4, 0.5) is 0 Å². The average molecular weight is 327 g/mol. The number of fused-ring (bicyclic) bond motifs is 1. The first-order valence-electron chi connectivity index (χ1n) is 7.98.